The van der Waals surface area contributed by atoms with E-state index in [9.17, 15) is 17.6 Å². The molecule has 0 unspecified atom stereocenters. The molecule has 4 aromatic rings. The predicted molar refractivity (Wildman–Crippen MR) is 243 cm³/mol. The van der Waals surface area contributed by atoms with Crippen molar-refractivity contribution in [2.24, 2.45) is 23.7 Å². The van der Waals surface area contributed by atoms with E-state index in [1.54, 1.807) is 38.1 Å². The Labute approximate surface area is 362 Å². The third-order valence-corrected chi connectivity index (χ3v) is 10.1. The fourth-order valence-corrected chi connectivity index (χ4v) is 5.59. The number of hydrogen-bond acceptors (Lipinski definition) is 4. The largest absolute Gasteiger partial charge is 0.353 e. The van der Waals surface area contributed by atoms with Gasteiger partial charge in [0.2, 0.25) is 0 Å². The first-order valence-electron chi connectivity index (χ1n) is 21.5. The van der Waals surface area contributed by atoms with Gasteiger partial charge < -0.3 is 18.9 Å². The molecular weight excluding hydrogens is 765 g/mol. The van der Waals surface area contributed by atoms with E-state index < -0.39 is 11.6 Å². The molecule has 60 heavy (non-hydrogen) atoms. The van der Waals surface area contributed by atoms with E-state index in [1.165, 1.54) is 62.8 Å². The van der Waals surface area contributed by atoms with Gasteiger partial charge in [0, 0.05) is 13.3 Å². The van der Waals surface area contributed by atoms with Crippen molar-refractivity contribution in [3.8, 4) is 0 Å². The Morgan fingerprint density at radius 1 is 0.367 bits per heavy atom. The maximum absolute atomic E-state index is 12.6. The average Bonchev–Trinajstić information content (AvgIpc) is 3.21. The maximum Gasteiger partial charge on any atom is 0.161 e. The molecule has 3 fully saturated rings. The Bertz CT molecular complexity index is 1570. The lowest BCUT2D eigenvalue weighted by molar-refractivity contribution is -0.187. The highest BCUT2D eigenvalue weighted by Gasteiger charge is 2.15. The van der Waals surface area contributed by atoms with Gasteiger partial charge in [0.15, 0.2) is 24.2 Å². The molecule has 2 aliphatic heterocycles. The van der Waals surface area contributed by atoms with Gasteiger partial charge in [-0.1, -0.05) is 125 Å². The molecule has 338 valence electrons. The molecule has 0 atom stereocenters. The smallest absolute Gasteiger partial charge is 0.161 e. The minimum absolute atomic E-state index is 0. The molecule has 1 saturated carbocycles. The SMILES string of the molecule is CC1CCC(C)CC1.CC1COC(C)OC1.CC1COC(C)OC1.Cc1ccc(C)c(F)c1.Cc1ccc(C)c(F)c1.Cc1ccc(C)c(F)c1F.Cc1ccc(C)cc1.[HH]. The summed E-state index contributed by atoms with van der Waals surface area (Å²) in [5, 5.41) is 0. The number of ether oxygens (including phenoxy) is 4. The van der Waals surface area contributed by atoms with Gasteiger partial charge in [0.25, 0.3) is 0 Å². The Hall–Kier alpha value is -3.56. The molecule has 7 rings (SSSR count). The summed E-state index contributed by atoms with van der Waals surface area (Å²) < 4.78 is 71.1. The van der Waals surface area contributed by atoms with Crippen LogP contribution in [0.3, 0.4) is 0 Å². The molecule has 2 saturated heterocycles. The van der Waals surface area contributed by atoms with Crippen molar-refractivity contribution in [2.75, 3.05) is 26.4 Å². The van der Waals surface area contributed by atoms with Gasteiger partial charge in [-0.05, 0) is 127 Å². The van der Waals surface area contributed by atoms with Gasteiger partial charge in [0.1, 0.15) is 11.6 Å². The number of benzene rings is 4. The van der Waals surface area contributed by atoms with Crippen molar-refractivity contribution < 1.29 is 37.9 Å². The van der Waals surface area contributed by atoms with Gasteiger partial charge in [0.05, 0.1) is 26.4 Å². The maximum atomic E-state index is 12.6. The lowest BCUT2D eigenvalue weighted by Crippen LogP contribution is -2.27. The fraction of sp³-hybridized carbons (Fsp3) is 0.538. The van der Waals surface area contributed by atoms with E-state index in [2.05, 4.69) is 65.8 Å². The zero-order chi connectivity index (χ0) is 45.4. The van der Waals surface area contributed by atoms with Gasteiger partial charge in [-0.3, -0.25) is 0 Å². The Morgan fingerprint density at radius 3 is 0.850 bits per heavy atom. The fourth-order valence-electron chi connectivity index (χ4n) is 5.59. The molecule has 0 spiro atoms. The van der Waals surface area contributed by atoms with Crippen LogP contribution < -0.4 is 0 Å². The summed E-state index contributed by atoms with van der Waals surface area (Å²) in [6, 6.07) is 22.0. The summed E-state index contributed by atoms with van der Waals surface area (Å²) in [4.78, 5) is 0. The molecule has 4 aromatic carbocycles. The van der Waals surface area contributed by atoms with Crippen molar-refractivity contribution in [1.82, 2.24) is 0 Å². The summed E-state index contributed by atoms with van der Waals surface area (Å²) in [6.45, 7) is 30.8. The third-order valence-electron chi connectivity index (χ3n) is 10.1. The predicted octanol–water partition coefficient (Wildman–Crippen LogP) is 14.9. The van der Waals surface area contributed by atoms with Gasteiger partial charge in [-0.25, -0.2) is 17.6 Å². The molecule has 0 N–H and O–H groups in total. The highest BCUT2D eigenvalue weighted by molar-refractivity contribution is 5.24. The molecule has 1 aliphatic carbocycles. The topological polar surface area (TPSA) is 36.9 Å². The second-order valence-corrected chi connectivity index (χ2v) is 17.0. The van der Waals surface area contributed by atoms with Crippen LogP contribution in [0.15, 0.2) is 72.8 Å². The zero-order valence-electron chi connectivity index (χ0n) is 39.2. The van der Waals surface area contributed by atoms with Crippen LogP contribution in [0.2, 0.25) is 0 Å². The molecule has 0 bridgehead atoms. The van der Waals surface area contributed by atoms with Crippen LogP contribution in [0.4, 0.5) is 17.6 Å². The van der Waals surface area contributed by atoms with Crippen molar-refractivity contribution in [3.63, 3.8) is 0 Å². The number of rotatable bonds is 0. The molecule has 3 aliphatic rings. The van der Waals surface area contributed by atoms with E-state index in [4.69, 9.17) is 18.9 Å². The van der Waals surface area contributed by atoms with Gasteiger partial charge in [-0.2, -0.15) is 0 Å². The summed E-state index contributed by atoms with van der Waals surface area (Å²) >= 11 is 0. The Balaban J connectivity index is 0.000000688. The average molecular weight is 843 g/mol. The van der Waals surface area contributed by atoms with Crippen LogP contribution in [0, 0.1) is 102 Å². The van der Waals surface area contributed by atoms with Crippen molar-refractivity contribution >= 4 is 0 Å². The van der Waals surface area contributed by atoms with Crippen LogP contribution in [0.25, 0.3) is 0 Å². The minimum Gasteiger partial charge on any atom is -0.353 e. The van der Waals surface area contributed by atoms with Crippen LogP contribution in [0.5, 0.6) is 0 Å². The minimum atomic E-state index is -0.736. The van der Waals surface area contributed by atoms with Crippen molar-refractivity contribution in [1.29, 1.82) is 0 Å². The highest BCUT2D eigenvalue weighted by atomic mass is 19.2. The van der Waals surface area contributed by atoms with Crippen LogP contribution in [-0.4, -0.2) is 39.0 Å². The van der Waals surface area contributed by atoms with Crippen LogP contribution in [0.1, 0.15) is 113 Å². The standard InChI is InChI=1S/C8H8F2.2C8H9F.C8H16.C8H10.2C6H12O2.H2/c1-5-3-4-6(2)8(10)7(5)9;2*1-6-3-4-7(2)8(9)5-6;2*1-7-3-5-8(2)6-4-7;2*1-5-3-7-6(2)8-4-5;/h3-4H,1-2H3;2*3-5H,1-2H3;7-8H,3-6H2,1-2H3;3-6H,1-2H3;2*5-6H,3-4H2,1-2H3;1H. The van der Waals surface area contributed by atoms with Crippen molar-refractivity contribution in [3.05, 3.63) is 141 Å². The van der Waals surface area contributed by atoms with Crippen LogP contribution >= 0.6 is 0 Å². The van der Waals surface area contributed by atoms with E-state index >= 15 is 0 Å². The second kappa shape index (κ2) is 29.7. The van der Waals surface area contributed by atoms with Crippen LogP contribution in [-0.2, 0) is 18.9 Å². The first-order valence-corrected chi connectivity index (χ1v) is 21.5. The summed E-state index contributed by atoms with van der Waals surface area (Å²) in [5.74, 6) is 1.49. The number of halogens is 4. The van der Waals surface area contributed by atoms with Gasteiger partial charge in [-0.15, -0.1) is 0 Å². The van der Waals surface area contributed by atoms with E-state index in [1.807, 2.05) is 39.8 Å². The number of hydrogen-bond donors (Lipinski definition) is 0. The molecule has 0 amide bonds. The lowest BCUT2D eigenvalue weighted by Gasteiger charge is -2.24. The van der Waals surface area contributed by atoms with E-state index in [0.29, 0.717) is 34.1 Å². The van der Waals surface area contributed by atoms with E-state index in [0.717, 1.165) is 49.4 Å². The molecule has 0 radical (unpaired) electrons. The molecule has 2 heterocycles. The van der Waals surface area contributed by atoms with Gasteiger partial charge >= 0.3 is 0 Å². The highest BCUT2D eigenvalue weighted by Crippen LogP contribution is 2.27. The Morgan fingerprint density at radius 2 is 0.617 bits per heavy atom. The zero-order valence-corrected chi connectivity index (χ0v) is 39.2. The number of aryl methyl sites for hydroxylation is 8. The van der Waals surface area contributed by atoms with Crippen molar-refractivity contribution in [2.45, 2.75) is 135 Å². The molecule has 8 heteroatoms. The monoisotopic (exact) mass is 843 g/mol. The molecule has 0 aromatic heterocycles. The first-order chi connectivity index (χ1) is 28.2. The third kappa shape index (κ3) is 24.6. The summed E-state index contributed by atoms with van der Waals surface area (Å²) in [6.07, 6.45) is 5.93. The Kier molecular flexibility index (Phi) is 26.9. The summed E-state index contributed by atoms with van der Waals surface area (Å²) in [5.41, 5.74) is 6.72. The normalized spacial score (nSPS) is 21.7. The second-order valence-electron chi connectivity index (χ2n) is 17.0. The lowest BCUT2D eigenvalue weighted by atomic mass is 9.84. The molecule has 4 nitrogen and oxygen atoms in total. The first kappa shape index (κ1) is 54.5. The molecular formula is C52H78F4O4. The van der Waals surface area contributed by atoms with E-state index in [-0.39, 0.29) is 25.6 Å². The quantitative estimate of drug-likeness (QED) is 0.165. The summed E-state index contributed by atoms with van der Waals surface area (Å²) in [7, 11) is 0.